The van der Waals surface area contributed by atoms with Gasteiger partial charge in [-0.15, -0.1) is 11.6 Å². The van der Waals surface area contributed by atoms with E-state index in [-0.39, 0.29) is 0 Å². The third kappa shape index (κ3) is 1.13. The van der Waals surface area contributed by atoms with Gasteiger partial charge in [0.15, 0.2) is 0 Å². The van der Waals surface area contributed by atoms with Crippen LogP contribution < -0.4 is 0 Å². The van der Waals surface area contributed by atoms with Crippen molar-refractivity contribution in [3.63, 3.8) is 0 Å². The summed E-state index contributed by atoms with van der Waals surface area (Å²) in [6.45, 7) is 2.27. The third-order valence-electron chi connectivity index (χ3n) is 2.94. The van der Waals surface area contributed by atoms with E-state index in [0.717, 1.165) is 5.88 Å². The zero-order valence-corrected chi connectivity index (χ0v) is 7.88. The Morgan fingerprint density at radius 3 is 2.75 bits per heavy atom. The van der Waals surface area contributed by atoms with E-state index in [1.165, 1.54) is 12.0 Å². The second-order valence-electron chi connectivity index (χ2n) is 3.71. The van der Waals surface area contributed by atoms with Gasteiger partial charge in [0.2, 0.25) is 0 Å². The molecule has 2 unspecified atom stereocenters. The van der Waals surface area contributed by atoms with Crippen molar-refractivity contribution in [1.29, 1.82) is 0 Å². The van der Waals surface area contributed by atoms with E-state index in [9.17, 15) is 0 Å². The molecular weight excluding hydrogens is 170 g/mol. The summed E-state index contributed by atoms with van der Waals surface area (Å²) in [6, 6.07) is 4.18. The largest absolute Gasteiger partial charge is 0.265 e. The summed E-state index contributed by atoms with van der Waals surface area (Å²) in [7, 11) is 0. The lowest BCUT2D eigenvalue weighted by Gasteiger charge is -2.09. The van der Waals surface area contributed by atoms with E-state index in [2.05, 4.69) is 24.0 Å². The maximum Gasteiger partial charge on any atom is 0.0270 e. The number of aromatic nitrogens is 1. The smallest absolute Gasteiger partial charge is 0.0270 e. The van der Waals surface area contributed by atoms with Gasteiger partial charge >= 0.3 is 0 Å². The Morgan fingerprint density at radius 1 is 1.58 bits per heavy atom. The highest BCUT2D eigenvalue weighted by molar-refractivity contribution is 6.18. The molecule has 1 aliphatic carbocycles. The van der Waals surface area contributed by atoms with Crippen molar-refractivity contribution in [3.05, 3.63) is 30.1 Å². The summed E-state index contributed by atoms with van der Waals surface area (Å²) in [5.74, 6) is 1.44. The molecule has 64 valence electrons. The van der Waals surface area contributed by atoms with E-state index in [1.54, 1.807) is 0 Å². The molecule has 1 heterocycles. The zero-order chi connectivity index (χ0) is 8.60. The SMILES string of the molecule is CC1(c2ccncc2)CC1CCl. The van der Waals surface area contributed by atoms with Crippen LogP contribution in [0.2, 0.25) is 0 Å². The highest BCUT2D eigenvalue weighted by Gasteiger charge is 2.50. The fraction of sp³-hybridized carbons (Fsp3) is 0.500. The van der Waals surface area contributed by atoms with Crippen molar-refractivity contribution in [2.24, 2.45) is 5.92 Å². The summed E-state index contributed by atoms with van der Waals surface area (Å²) >= 11 is 5.82. The molecule has 1 aliphatic rings. The molecule has 0 aromatic carbocycles. The van der Waals surface area contributed by atoms with Crippen LogP contribution in [0.25, 0.3) is 0 Å². The van der Waals surface area contributed by atoms with Gasteiger partial charge in [-0.3, -0.25) is 4.98 Å². The number of pyridine rings is 1. The molecule has 1 aromatic heterocycles. The van der Waals surface area contributed by atoms with Gasteiger partial charge < -0.3 is 0 Å². The van der Waals surface area contributed by atoms with Gasteiger partial charge in [0.05, 0.1) is 0 Å². The standard InChI is InChI=1S/C10H12ClN/c1-10(6-9(10)7-11)8-2-4-12-5-3-8/h2-5,9H,6-7H2,1H3. The Bertz CT molecular complexity index is 272. The van der Waals surface area contributed by atoms with Gasteiger partial charge in [-0.05, 0) is 35.4 Å². The summed E-state index contributed by atoms with van der Waals surface area (Å²) in [4.78, 5) is 4.00. The molecule has 0 saturated heterocycles. The van der Waals surface area contributed by atoms with Crippen LogP contribution >= 0.6 is 11.6 Å². The van der Waals surface area contributed by atoms with Crippen LogP contribution in [0.15, 0.2) is 24.5 Å². The first kappa shape index (κ1) is 8.06. The number of hydrogen-bond acceptors (Lipinski definition) is 1. The van der Waals surface area contributed by atoms with Gasteiger partial charge in [-0.2, -0.15) is 0 Å². The molecule has 2 heteroatoms. The van der Waals surface area contributed by atoms with Crippen molar-refractivity contribution in [3.8, 4) is 0 Å². The minimum Gasteiger partial charge on any atom is -0.265 e. The monoisotopic (exact) mass is 181 g/mol. The van der Waals surface area contributed by atoms with Crippen molar-refractivity contribution in [2.45, 2.75) is 18.8 Å². The molecule has 1 aromatic rings. The minimum absolute atomic E-state index is 0.338. The van der Waals surface area contributed by atoms with Crippen LogP contribution in [0.5, 0.6) is 0 Å². The number of rotatable bonds is 2. The molecule has 2 rings (SSSR count). The average Bonchev–Trinajstić information content (AvgIpc) is 2.81. The maximum atomic E-state index is 5.82. The summed E-state index contributed by atoms with van der Waals surface area (Å²) in [6.07, 6.45) is 4.93. The minimum atomic E-state index is 0.338. The van der Waals surface area contributed by atoms with Crippen molar-refractivity contribution >= 4 is 11.6 Å². The quantitative estimate of drug-likeness (QED) is 0.640. The van der Waals surface area contributed by atoms with E-state index >= 15 is 0 Å². The number of alkyl halides is 1. The summed E-state index contributed by atoms with van der Waals surface area (Å²) in [5.41, 5.74) is 1.72. The molecule has 1 saturated carbocycles. The van der Waals surface area contributed by atoms with Crippen LogP contribution in [0.1, 0.15) is 18.9 Å². The molecule has 1 nitrogen and oxygen atoms in total. The van der Waals surface area contributed by atoms with E-state index < -0.39 is 0 Å². The summed E-state index contributed by atoms with van der Waals surface area (Å²) in [5, 5.41) is 0. The number of halogens is 1. The van der Waals surface area contributed by atoms with Crippen molar-refractivity contribution in [1.82, 2.24) is 4.98 Å². The zero-order valence-electron chi connectivity index (χ0n) is 7.13. The Hall–Kier alpha value is -0.560. The molecule has 0 amide bonds. The highest BCUT2D eigenvalue weighted by atomic mass is 35.5. The lowest BCUT2D eigenvalue weighted by Crippen LogP contribution is -2.04. The van der Waals surface area contributed by atoms with Gasteiger partial charge in [0.25, 0.3) is 0 Å². The molecule has 0 radical (unpaired) electrons. The van der Waals surface area contributed by atoms with E-state index in [4.69, 9.17) is 11.6 Å². The first-order valence-corrected chi connectivity index (χ1v) is 4.77. The first-order chi connectivity index (χ1) is 5.77. The van der Waals surface area contributed by atoms with Crippen LogP contribution in [-0.2, 0) is 5.41 Å². The van der Waals surface area contributed by atoms with E-state index in [1.807, 2.05) is 12.4 Å². The van der Waals surface area contributed by atoms with Crippen molar-refractivity contribution < 1.29 is 0 Å². The molecule has 1 fully saturated rings. The Balaban J connectivity index is 2.23. The first-order valence-electron chi connectivity index (χ1n) is 4.24. The van der Waals surface area contributed by atoms with Gasteiger partial charge in [0, 0.05) is 18.3 Å². The second-order valence-corrected chi connectivity index (χ2v) is 4.02. The van der Waals surface area contributed by atoms with E-state index in [0.29, 0.717) is 11.3 Å². The molecule has 0 aliphatic heterocycles. The number of nitrogens with zero attached hydrogens (tertiary/aromatic N) is 1. The fourth-order valence-corrected chi connectivity index (χ4v) is 2.21. The number of hydrogen-bond donors (Lipinski definition) is 0. The lowest BCUT2D eigenvalue weighted by atomic mass is 9.97. The average molecular weight is 182 g/mol. The predicted molar refractivity (Wildman–Crippen MR) is 50.4 cm³/mol. The Morgan fingerprint density at radius 2 is 2.25 bits per heavy atom. The highest BCUT2D eigenvalue weighted by Crippen LogP contribution is 2.54. The third-order valence-corrected chi connectivity index (χ3v) is 3.31. The molecule has 12 heavy (non-hydrogen) atoms. The maximum absolute atomic E-state index is 5.82. The molecule has 0 spiro atoms. The Labute approximate surface area is 77.8 Å². The van der Waals surface area contributed by atoms with Crippen LogP contribution in [0.3, 0.4) is 0 Å². The van der Waals surface area contributed by atoms with Crippen LogP contribution in [-0.4, -0.2) is 10.9 Å². The fourth-order valence-electron chi connectivity index (χ4n) is 1.76. The second kappa shape index (κ2) is 2.74. The Kier molecular flexibility index (Phi) is 1.84. The van der Waals surface area contributed by atoms with Crippen LogP contribution in [0, 0.1) is 5.92 Å². The van der Waals surface area contributed by atoms with Gasteiger partial charge in [0.1, 0.15) is 0 Å². The molecule has 0 N–H and O–H groups in total. The molecule has 2 atom stereocenters. The predicted octanol–water partition coefficient (Wildman–Crippen LogP) is 2.60. The summed E-state index contributed by atoms with van der Waals surface area (Å²) < 4.78 is 0. The van der Waals surface area contributed by atoms with Gasteiger partial charge in [-0.1, -0.05) is 6.92 Å². The van der Waals surface area contributed by atoms with Crippen LogP contribution in [0.4, 0.5) is 0 Å². The molecular formula is C10H12ClN. The topological polar surface area (TPSA) is 12.9 Å². The van der Waals surface area contributed by atoms with Crippen molar-refractivity contribution in [2.75, 3.05) is 5.88 Å². The lowest BCUT2D eigenvalue weighted by molar-refractivity contribution is 0.704. The molecule has 0 bridgehead atoms. The van der Waals surface area contributed by atoms with Gasteiger partial charge in [-0.25, -0.2) is 0 Å². The normalized spacial score (nSPS) is 33.3.